The van der Waals surface area contributed by atoms with E-state index in [0.29, 0.717) is 12.4 Å². The van der Waals surface area contributed by atoms with Crippen molar-refractivity contribution in [1.29, 1.82) is 0 Å². The van der Waals surface area contributed by atoms with E-state index in [2.05, 4.69) is 42.6 Å². The van der Waals surface area contributed by atoms with Crippen LogP contribution in [0, 0.1) is 5.82 Å². The number of nitrogens with one attached hydrogen (secondary N) is 1. The van der Waals surface area contributed by atoms with E-state index in [-0.39, 0.29) is 5.82 Å². The van der Waals surface area contributed by atoms with Gasteiger partial charge in [0.05, 0.1) is 42.0 Å². The summed E-state index contributed by atoms with van der Waals surface area (Å²) in [6.45, 7) is 5.15. The molecule has 214 valence electrons. The van der Waals surface area contributed by atoms with Crippen LogP contribution in [0.3, 0.4) is 0 Å². The molecule has 1 fully saturated rings. The van der Waals surface area contributed by atoms with Crippen LogP contribution in [0.25, 0.3) is 16.6 Å². The largest absolute Gasteiger partial charge is 0.379 e. The Hall–Kier alpha value is -4.45. The van der Waals surface area contributed by atoms with Gasteiger partial charge in [0.2, 0.25) is 0 Å². The standard InChI is InChI=1S/C31H31FN8O2/c32-24-5-1-3-22(15-24)20-42-40-10-2-4-23-16-25(6-9-30(23)40)35-31-28-17-27(7-8-29(28)33-21-34-31)39-19-26(36-37-39)18-38-11-13-41-14-12-38/h1,3,5-9,15-17,19,21H,2,4,10-14,18,20H2,(H,33,34,35). The molecule has 11 heteroatoms. The molecule has 42 heavy (non-hydrogen) atoms. The molecule has 7 rings (SSSR count). The van der Waals surface area contributed by atoms with Gasteiger partial charge in [0.15, 0.2) is 0 Å². The van der Waals surface area contributed by atoms with Gasteiger partial charge in [-0.3, -0.25) is 14.8 Å². The lowest BCUT2D eigenvalue weighted by Gasteiger charge is -2.30. The van der Waals surface area contributed by atoms with Crippen molar-refractivity contribution in [3.63, 3.8) is 0 Å². The highest BCUT2D eigenvalue weighted by molar-refractivity contribution is 5.92. The van der Waals surface area contributed by atoms with E-state index in [1.165, 1.54) is 17.7 Å². The molecule has 2 aliphatic heterocycles. The van der Waals surface area contributed by atoms with Crippen molar-refractivity contribution in [2.45, 2.75) is 26.0 Å². The molecule has 2 aromatic heterocycles. The molecule has 5 aromatic rings. The summed E-state index contributed by atoms with van der Waals surface area (Å²) < 4.78 is 20.8. The summed E-state index contributed by atoms with van der Waals surface area (Å²) in [6, 6.07) is 18.7. The molecule has 1 N–H and O–H groups in total. The second kappa shape index (κ2) is 11.8. The van der Waals surface area contributed by atoms with Gasteiger partial charge >= 0.3 is 0 Å². The summed E-state index contributed by atoms with van der Waals surface area (Å²) in [4.78, 5) is 17.4. The van der Waals surface area contributed by atoms with Crippen LogP contribution in [0.1, 0.15) is 23.2 Å². The third-order valence-corrected chi connectivity index (χ3v) is 7.61. The number of halogens is 1. The van der Waals surface area contributed by atoms with E-state index in [0.717, 1.165) is 91.5 Å². The van der Waals surface area contributed by atoms with Crippen LogP contribution in [0.4, 0.5) is 21.6 Å². The van der Waals surface area contributed by atoms with Crippen molar-refractivity contribution in [1.82, 2.24) is 29.9 Å². The van der Waals surface area contributed by atoms with Crippen molar-refractivity contribution in [2.24, 2.45) is 0 Å². The quantitative estimate of drug-likeness (QED) is 0.284. The average molecular weight is 567 g/mol. The monoisotopic (exact) mass is 566 g/mol. The van der Waals surface area contributed by atoms with Crippen LogP contribution in [0.5, 0.6) is 0 Å². The summed E-state index contributed by atoms with van der Waals surface area (Å²) >= 11 is 0. The van der Waals surface area contributed by atoms with Crippen molar-refractivity contribution in [2.75, 3.05) is 43.2 Å². The molecule has 0 saturated carbocycles. The van der Waals surface area contributed by atoms with Crippen LogP contribution in [0.2, 0.25) is 0 Å². The molecule has 4 heterocycles. The number of anilines is 3. The Kier molecular flexibility index (Phi) is 7.43. The Morgan fingerprint density at radius 2 is 1.90 bits per heavy atom. The second-order valence-electron chi connectivity index (χ2n) is 10.5. The van der Waals surface area contributed by atoms with Crippen molar-refractivity contribution < 1.29 is 14.0 Å². The first-order valence-electron chi connectivity index (χ1n) is 14.2. The maximum Gasteiger partial charge on any atom is 0.141 e. The highest BCUT2D eigenvalue weighted by Crippen LogP contribution is 2.32. The summed E-state index contributed by atoms with van der Waals surface area (Å²) in [6.07, 6.45) is 5.45. The molecule has 0 unspecified atom stereocenters. The lowest BCUT2D eigenvalue weighted by atomic mass is 10.0. The first-order chi connectivity index (χ1) is 20.7. The van der Waals surface area contributed by atoms with Gasteiger partial charge in [-0.25, -0.2) is 19.0 Å². The van der Waals surface area contributed by atoms with Crippen LogP contribution in [-0.2, 0) is 29.1 Å². The number of morpholine rings is 1. The fraction of sp³-hybridized carbons (Fsp3) is 0.290. The molecule has 0 amide bonds. The summed E-state index contributed by atoms with van der Waals surface area (Å²) in [5.41, 5.74) is 6.58. The zero-order valence-corrected chi connectivity index (χ0v) is 23.1. The summed E-state index contributed by atoms with van der Waals surface area (Å²) in [7, 11) is 0. The third-order valence-electron chi connectivity index (χ3n) is 7.61. The van der Waals surface area contributed by atoms with Gasteiger partial charge in [-0.2, -0.15) is 0 Å². The number of hydrogen-bond donors (Lipinski definition) is 1. The SMILES string of the molecule is Fc1cccc(CON2CCCc3cc(Nc4ncnc5ccc(-n6cc(CN7CCOCC7)nn6)cc45)ccc32)c1. The average Bonchev–Trinajstić information content (AvgIpc) is 3.49. The summed E-state index contributed by atoms with van der Waals surface area (Å²) in [5, 5.41) is 15.1. The normalized spacial score (nSPS) is 15.6. The molecular formula is C31H31FN8O2. The predicted molar refractivity (Wildman–Crippen MR) is 157 cm³/mol. The van der Waals surface area contributed by atoms with E-state index in [1.54, 1.807) is 17.1 Å². The zero-order valence-electron chi connectivity index (χ0n) is 23.1. The first-order valence-corrected chi connectivity index (χ1v) is 14.2. The number of hydroxylamine groups is 1. The van der Waals surface area contributed by atoms with Gasteiger partial charge in [0.25, 0.3) is 0 Å². The zero-order chi connectivity index (χ0) is 28.3. The van der Waals surface area contributed by atoms with Gasteiger partial charge in [0, 0.05) is 37.3 Å². The number of nitrogens with zero attached hydrogens (tertiary/aromatic N) is 7. The fourth-order valence-electron chi connectivity index (χ4n) is 5.46. The number of rotatable bonds is 8. The Morgan fingerprint density at radius 1 is 0.976 bits per heavy atom. The minimum absolute atomic E-state index is 0.259. The predicted octanol–water partition coefficient (Wildman–Crippen LogP) is 4.81. The van der Waals surface area contributed by atoms with E-state index in [9.17, 15) is 4.39 Å². The van der Waals surface area contributed by atoms with Crippen molar-refractivity contribution in [3.8, 4) is 5.69 Å². The first kappa shape index (κ1) is 26.4. The highest BCUT2D eigenvalue weighted by Gasteiger charge is 2.19. The maximum atomic E-state index is 13.6. The van der Waals surface area contributed by atoms with Gasteiger partial charge in [-0.05, 0) is 72.5 Å². The minimum atomic E-state index is -0.259. The second-order valence-corrected chi connectivity index (χ2v) is 10.5. The Balaban J connectivity index is 1.09. The molecular weight excluding hydrogens is 535 g/mol. The molecule has 2 aliphatic rings. The number of benzene rings is 3. The maximum absolute atomic E-state index is 13.6. The number of hydrogen-bond acceptors (Lipinski definition) is 9. The number of ether oxygens (including phenoxy) is 1. The lowest BCUT2D eigenvalue weighted by molar-refractivity contribution is 0.0336. The van der Waals surface area contributed by atoms with Crippen LogP contribution in [0.15, 0.2) is 73.2 Å². The van der Waals surface area contributed by atoms with E-state index >= 15 is 0 Å². The highest BCUT2D eigenvalue weighted by atomic mass is 19.1. The van der Waals surface area contributed by atoms with Crippen LogP contribution in [-0.4, -0.2) is 62.7 Å². The van der Waals surface area contributed by atoms with Gasteiger partial charge in [-0.15, -0.1) is 5.10 Å². The molecule has 0 atom stereocenters. The van der Waals surface area contributed by atoms with Gasteiger partial charge < -0.3 is 10.1 Å². The molecule has 0 radical (unpaired) electrons. The van der Waals surface area contributed by atoms with E-state index in [4.69, 9.17) is 9.57 Å². The number of fused-ring (bicyclic) bond motifs is 2. The molecule has 10 nitrogen and oxygen atoms in total. The lowest BCUT2D eigenvalue weighted by Crippen LogP contribution is -2.35. The molecule has 3 aromatic carbocycles. The van der Waals surface area contributed by atoms with Crippen molar-refractivity contribution in [3.05, 3.63) is 95.8 Å². The molecule has 0 spiro atoms. The summed E-state index contributed by atoms with van der Waals surface area (Å²) in [5.74, 6) is 0.454. The Bertz CT molecular complexity index is 1700. The van der Waals surface area contributed by atoms with Gasteiger partial charge in [-0.1, -0.05) is 17.3 Å². The minimum Gasteiger partial charge on any atom is -0.379 e. The molecule has 1 saturated heterocycles. The topological polar surface area (TPSA) is 93.5 Å². The van der Waals surface area contributed by atoms with Crippen LogP contribution >= 0.6 is 0 Å². The van der Waals surface area contributed by atoms with Crippen molar-refractivity contribution >= 4 is 28.1 Å². The molecule has 0 aliphatic carbocycles. The van der Waals surface area contributed by atoms with Gasteiger partial charge in [0.1, 0.15) is 24.6 Å². The molecule has 0 bridgehead atoms. The Morgan fingerprint density at radius 3 is 2.81 bits per heavy atom. The van der Waals surface area contributed by atoms with E-state index in [1.807, 2.05) is 41.6 Å². The van der Waals surface area contributed by atoms with E-state index < -0.39 is 0 Å². The fourth-order valence-corrected chi connectivity index (χ4v) is 5.46. The number of aromatic nitrogens is 5. The third kappa shape index (κ3) is 5.80. The smallest absolute Gasteiger partial charge is 0.141 e. The number of aryl methyl sites for hydroxylation is 1. The van der Waals surface area contributed by atoms with Crippen LogP contribution < -0.4 is 10.4 Å². The Labute approximate surface area is 242 Å².